The second-order valence-electron chi connectivity index (χ2n) is 4.04. The van der Waals surface area contributed by atoms with Crippen LogP contribution in [0.15, 0.2) is 30.3 Å². The molecule has 1 heterocycles. The average molecular weight is 219 g/mol. The summed E-state index contributed by atoms with van der Waals surface area (Å²) < 4.78 is 0. The standard InChI is InChI=1S/C12H17N3O/c1-14-7-8-15(11(9-13)12(14)16)10-5-3-2-4-6-10/h2-6,11H,7-9,13H2,1H3. The quantitative estimate of drug-likeness (QED) is 0.778. The van der Waals surface area contributed by atoms with Crippen LogP contribution >= 0.6 is 0 Å². The number of nitrogens with zero attached hydrogens (tertiary/aromatic N) is 2. The third-order valence-electron chi connectivity index (χ3n) is 3.02. The van der Waals surface area contributed by atoms with Gasteiger partial charge in [0.1, 0.15) is 6.04 Å². The van der Waals surface area contributed by atoms with Crippen LogP contribution in [-0.2, 0) is 4.79 Å². The highest BCUT2D eigenvalue weighted by Crippen LogP contribution is 2.19. The molecule has 1 atom stereocenters. The molecular weight excluding hydrogens is 202 g/mol. The van der Waals surface area contributed by atoms with Crippen molar-refractivity contribution in [3.63, 3.8) is 0 Å². The Morgan fingerprint density at radius 1 is 1.31 bits per heavy atom. The molecule has 0 saturated carbocycles. The van der Waals surface area contributed by atoms with Crippen molar-refractivity contribution in [3.8, 4) is 0 Å². The lowest BCUT2D eigenvalue weighted by Crippen LogP contribution is -2.58. The fraction of sp³-hybridized carbons (Fsp3) is 0.417. The van der Waals surface area contributed by atoms with Gasteiger partial charge in [-0.2, -0.15) is 0 Å². The number of carbonyl (C=O) groups is 1. The average Bonchev–Trinajstić information content (AvgIpc) is 2.33. The second-order valence-corrected chi connectivity index (χ2v) is 4.04. The number of likely N-dealkylation sites (N-methyl/N-ethyl adjacent to an activating group) is 1. The first-order chi connectivity index (χ1) is 7.74. The summed E-state index contributed by atoms with van der Waals surface area (Å²) in [6.45, 7) is 1.95. The molecule has 1 aromatic rings. The number of rotatable bonds is 2. The van der Waals surface area contributed by atoms with Crippen molar-refractivity contribution in [2.45, 2.75) is 6.04 Å². The molecule has 86 valence electrons. The van der Waals surface area contributed by atoms with Crippen molar-refractivity contribution in [2.24, 2.45) is 5.73 Å². The number of para-hydroxylation sites is 1. The van der Waals surface area contributed by atoms with Crippen LogP contribution in [-0.4, -0.2) is 43.5 Å². The number of nitrogens with two attached hydrogens (primary N) is 1. The fourth-order valence-corrected chi connectivity index (χ4v) is 2.07. The molecule has 1 fully saturated rings. The van der Waals surface area contributed by atoms with Gasteiger partial charge in [0, 0.05) is 32.4 Å². The molecule has 4 nitrogen and oxygen atoms in total. The van der Waals surface area contributed by atoms with Crippen molar-refractivity contribution >= 4 is 11.6 Å². The van der Waals surface area contributed by atoms with Gasteiger partial charge in [0.05, 0.1) is 0 Å². The van der Waals surface area contributed by atoms with Gasteiger partial charge >= 0.3 is 0 Å². The summed E-state index contributed by atoms with van der Waals surface area (Å²) in [7, 11) is 1.83. The van der Waals surface area contributed by atoms with E-state index in [0.29, 0.717) is 6.54 Å². The van der Waals surface area contributed by atoms with Gasteiger partial charge in [-0.25, -0.2) is 0 Å². The van der Waals surface area contributed by atoms with E-state index in [2.05, 4.69) is 4.90 Å². The zero-order chi connectivity index (χ0) is 11.5. The Morgan fingerprint density at radius 2 is 2.00 bits per heavy atom. The Labute approximate surface area is 95.6 Å². The highest BCUT2D eigenvalue weighted by Gasteiger charge is 2.31. The number of anilines is 1. The van der Waals surface area contributed by atoms with Crippen molar-refractivity contribution in [2.75, 3.05) is 31.6 Å². The Bertz CT molecular complexity index is 366. The van der Waals surface area contributed by atoms with E-state index < -0.39 is 0 Å². The molecular formula is C12H17N3O. The van der Waals surface area contributed by atoms with Crippen LogP contribution in [0.4, 0.5) is 5.69 Å². The molecule has 0 radical (unpaired) electrons. The maximum Gasteiger partial charge on any atom is 0.246 e. The van der Waals surface area contributed by atoms with E-state index in [0.717, 1.165) is 18.8 Å². The predicted molar refractivity (Wildman–Crippen MR) is 64.3 cm³/mol. The summed E-state index contributed by atoms with van der Waals surface area (Å²) in [6.07, 6.45) is 0. The number of piperazine rings is 1. The summed E-state index contributed by atoms with van der Waals surface area (Å²) in [5.41, 5.74) is 6.76. The minimum atomic E-state index is -0.221. The minimum Gasteiger partial charge on any atom is -0.357 e. The molecule has 0 bridgehead atoms. The van der Waals surface area contributed by atoms with E-state index in [9.17, 15) is 4.79 Å². The molecule has 0 spiro atoms. The van der Waals surface area contributed by atoms with Gasteiger partial charge < -0.3 is 15.5 Å². The topological polar surface area (TPSA) is 49.6 Å². The van der Waals surface area contributed by atoms with Gasteiger partial charge in [0.25, 0.3) is 0 Å². The smallest absolute Gasteiger partial charge is 0.246 e. The van der Waals surface area contributed by atoms with Crippen molar-refractivity contribution in [1.82, 2.24) is 4.90 Å². The molecule has 1 aliphatic rings. The van der Waals surface area contributed by atoms with Gasteiger partial charge in [-0.15, -0.1) is 0 Å². The highest BCUT2D eigenvalue weighted by molar-refractivity contribution is 5.86. The number of amides is 1. The lowest BCUT2D eigenvalue weighted by molar-refractivity contribution is -0.132. The molecule has 1 unspecified atom stereocenters. The second kappa shape index (κ2) is 4.53. The first kappa shape index (κ1) is 11.0. The third kappa shape index (κ3) is 1.88. The van der Waals surface area contributed by atoms with Crippen molar-refractivity contribution in [3.05, 3.63) is 30.3 Å². The fourth-order valence-electron chi connectivity index (χ4n) is 2.07. The first-order valence-electron chi connectivity index (χ1n) is 5.51. The number of carbonyl (C=O) groups excluding carboxylic acids is 1. The van der Waals surface area contributed by atoms with Crippen LogP contribution in [0, 0.1) is 0 Å². The molecule has 16 heavy (non-hydrogen) atoms. The van der Waals surface area contributed by atoms with Crippen LogP contribution in [0.25, 0.3) is 0 Å². The highest BCUT2D eigenvalue weighted by atomic mass is 16.2. The van der Waals surface area contributed by atoms with E-state index in [1.807, 2.05) is 37.4 Å². The van der Waals surface area contributed by atoms with E-state index in [-0.39, 0.29) is 11.9 Å². The zero-order valence-corrected chi connectivity index (χ0v) is 9.47. The first-order valence-corrected chi connectivity index (χ1v) is 5.51. The molecule has 4 heteroatoms. The molecule has 2 rings (SSSR count). The molecule has 1 aromatic carbocycles. The van der Waals surface area contributed by atoms with Crippen molar-refractivity contribution < 1.29 is 4.79 Å². The lowest BCUT2D eigenvalue weighted by Gasteiger charge is -2.40. The summed E-state index contributed by atoms with van der Waals surface area (Å²) in [5.74, 6) is 0.109. The van der Waals surface area contributed by atoms with Crippen LogP contribution in [0.2, 0.25) is 0 Å². The van der Waals surface area contributed by atoms with Crippen molar-refractivity contribution in [1.29, 1.82) is 0 Å². The number of benzene rings is 1. The monoisotopic (exact) mass is 219 g/mol. The minimum absolute atomic E-state index is 0.109. The SMILES string of the molecule is CN1CCN(c2ccccc2)C(CN)C1=O. The lowest BCUT2D eigenvalue weighted by atomic mass is 10.1. The van der Waals surface area contributed by atoms with Gasteiger partial charge in [-0.3, -0.25) is 4.79 Å². The summed E-state index contributed by atoms with van der Waals surface area (Å²) in [6, 6.07) is 9.74. The van der Waals surface area contributed by atoms with Crippen LogP contribution in [0.3, 0.4) is 0 Å². The summed E-state index contributed by atoms with van der Waals surface area (Å²) >= 11 is 0. The molecule has 2 N–H and O–H groups in total. The van der Waals surface area contributed by atoms with Gasteiger partial charge in [0.2, 0.25) is 5.91 Å². The van der Waals surface area contributed by atoms with E-state index in [4.69, 9.17) is 5.73 Å². The molecule has 1 amide bonds. The summed E-state index contributed by atoms with van der Waals surface area (Å²) in [4.78, 5) is 15.8. The Balaban J connectivity index is 2.24. The van der Waals surface area contributed by atoms with E-state index in [1.54, 1.807) is 4.90 Å². The van der Waals surface area contributed by atoms with Crippen LogP contribution in [0.1, 0.15) is 0 Å². The Morgan fingerprint density at radius 3 is 2.62 bits per heavy atom. The Hall–Kier alpha value is -1.55. The summed E-state index contributed by atoms with van der Waals surface area (Å²) in [5, 5.41) is 0. The third-order valence-corrected chi connectivity index (χ3v) is 3.02. The molecule has 0 aliphatic carbocycles. The maximum absolute atomic E-state index is 11.9. The normalized spacial score (nSPS) is 21.4. The van der Waals surface area contributed by atoms with Gasteiger partial charge in [0.15, 0.2) is 0 Å². The maximum atomic E-state index is 11.9. The zero-order valence-electron chi connectivity index (χ0n) is 9.47. The largest absolute Gasteiger partial charge is 0.357 e. The Kier molecular flexibility index (Phi) is 3.10. The number of hydrogen-bond acceptors (Lipinski definition) is 3. The van der Waals surface area contributed by atoms with Crippen LogP contribution in [0.5, 0.6) is 0 Å². The van der Waals surface area contributed by atoms with E-state index in [1.165, 1.54) is 0 Å². The van der Waals surface area contributed by atoms with Crippen LogP contribution < -0.4 is 10.6 Å². The molecule has 1 aliphatic heterocycles. The van der Waals surface area contributed by atoms with Gasteiger partial charge in [-0.05, 0) is 12.1 Å². The van der Waals surface area contributed by atoms with Gasteiger partial charge in [-0.1, -0.05) is 18.2 Å². The number of hydrogen-bond donors (Lipinski definition) is 1. The predicted octanol–water partition coefficient (Wildman–Crippen LogP) is 0.292. The van der Waals surface area contributed by atoms with E-state index >= 15 is 0 Å². The molecule has 1 saturated heterocycles. The molecule has 0 aromatic heterocycles.